The number of benzene rings is 1. The zero-order valence-corrected chi connectivity index (χ0v) is 18.4. The van der Waals surface area contributed by atoms with Gasteiger partial charge in [0.1, 0.15) is 17.6 Å². The summed E-state index contributed by atoms with van der Waals surface area (Å²) in [4.78, 5) is 43.9. The molecule has 188 valence electrons. The maximum absolute atomic E-state index is 13.4. The first-order valence-corrected chi connectivity index (χ1v) is 10.4. The molecule has 1 aromatic heterocycles. The average Bonchev–Trinajstić information content (AvgIpc) is 2.79. The predicted octanol–water partition coefficient (Wildman–Crippen LogP) is 2.93. The Morgan fingerprint density at radius 3 is 2.63 bits per heavy atom. The van der Waals surface area contributed by atoms with Crippen molar-refractivity contribution >= 4 is 35.3 Å². The van der Waals surface area contributed by atoms with Crippen molar-refractivity contribution in [1.82, 2.24) is 20.2 Å². The van der Waals surface area contributed by atoms with Crippen LogP contribution in [0.1, 0.15) is 18.5 Å². The van der Waals surface area contributed by atoms with Gasteiger partial charge >= 0.3 is 12.3 Å². The summed E-state index contributed by atoms with van der Waals surface area (Å²) in [6.45, 7) is -0.744. The van der Waals surface area contributed by atoms with Crippen molar-refractivity contribution in [2.75, 3.05) is 18.5 Å². The number of ether oxygens (including phenoxy) is 1. The van der Waals surface area contributed by atoms with Gasteiger partial charge in [-0.3, -0.25) is 19.5 Å². The summed E-state index contributed by atoms with van der Waals surface area (Å²) in [5, 5.41) is 14.1. The van der Waals surface area contributed by atoms with E-state index in [1.807, 2.05) is 0 Å². The summed E-state index contributed by atoms with van der Waals surface area (Å²) < 4.78 is 57.0. The van der Waals surface area contributed by atoms with Gasteiger partial charge < -0.3 is 20.5 Å². The number of likely N-dealkylation sites (tertiary alicyclic amines) is 1. The number of nitrogens with zero attached hydrogens (tertiary/aromatic N) is 3. The molecule has 15 heteroatoms. The van der Waals surface area contributed by atoms with Gasteiger partial charge in [0.15, 0.2) is 18.1 Å². The maximum Gasteiger partial charge on any atom is 0.434 e. The number of amides is 3. The molecule has 10 nitrogen and oxygen atoms in total. The Balaban J connectivity index is 1.57. The molecule has 3 N–H and O–H groups in total. The molecule has 2 heterocycles. The molecule has 0 spiro atoms. The van der Waals surface area contributed by atoms with Gasteiger partial charge in [0.2, 0.25) is 5.91 Å². The number of aromatic nitrogens is 2. The Labute approximate surface area is 200 Å². The Bertz CT molecular complexity index is 1120. The summed E-state index contributed by atoms with van der Waals surface area (Å²) in [6.07, 6.45) is -4.69. The number of hydrogen-bond donors (Lipinski definition) is 3. The number of carbonyl (C=O) groups is 3. The lowest BCUT2D eigenvalue weighted by atomic mass is 9.98. The molecule has 3 amide bonds. The molecule has 1 aliphatic rings. The van der Waals surface area contributed by atoms with Crippen LogP contribution in [0.5, 0.6) is 5.75 Å². The number of hydrogen-bond acceptors (Lipinski definition) is 6. The molecule has 2 atom stereocenters. The van der Waals surface area contributed by atoms with E-state index in [1.165, 1.54) is 12.1 Å². The number of halogens is 5. The van der Waals surface area contributed by atoms with Gasteiger partial charge in [0.25, 0.3) is 5.91 Å². The highest BCUT2D eigenvalue weighted by Crippen LogP contribution is 2.28. The smallest absolute Gasteiger partial charge is 0.434 e. The molecule has 2 aromatic rings. The van der Waals surface area contributed by atoms with Crippen molar-refractivity contribution in [1.29, 1.82) is 0 Å². The number of piperidine rings is 1. The number of anilines is 1. The standard InChI is InChI=1S/C20H18ClF4N5O5/c21-12-3-2-11(5-13(12)22)35-9-17(31)27-10-1-4-14(30(8-10)19(33)34)18(32)29-16-7-26-6-15(28-16)20(23,24)25/h2-3,5-7,10,14H,1,4,8-9H2,(H,27,31)(H,33,34)(H,28,29,32)/t10-,14+/m0/s1. The van der Waals surface area contributed by atoms with Crippen LogP contribution in [-0.4, -0.2) is 63.1 Å². The van der Waals surface area contributed by atoms with E-state index in [4.69, 9.17) is 16.3 Å². The first kappa shape index (κ1) is 25.9. The van der Waals surface area contributed by atoms with Crippen LogP contribution in [0.15, 0.2) is 30.6 Å². The fourth-order valence-corrected chi connectivity index (χ4v) is 3.45. The monoisotopic (exact) mass is 519 g/mol. The van der Waals surface area contributed by atoms with Gasteiger partial charge in [0.05, 0.1) is 17.4 Å². The predicted molar refractivity (Wildman–Crippen MR) is 112 cm³/mol. The van der Waals surface area contributed by atoms with Crippen LogP contribution in [-0.2, 0) is 15.8 Å². The molecule has 0 aliphatic carbocycles. The third-order valence-electron chi connectivity index (χ3n) is 4.93. The second-order valence-corrected chi connectivity index (χ2v) is 7.84. The number of rotatable bonds is 6. The maximum atomic E-state index is 13.4. The lowest BCUT2D eigenvalue weighted by Crippen LogP contribution is -2.57. The molecular weight excluding hydrogens is 502 g/mol. The summed E-state index contributed by atoms with van der Waals surface area (Å²) in [7, 11) is 0. The molecule has 1 fully saturated rings. The van der Waals surface area contributed by atoms with Crippen LogP contribution in [0.25, 0.3) is 0 Å². The van der Waals surface area contributed by atoms with Gasteiger partial charge in [-0.2, -0.15) is 13.2 Å². The van der Waals surface area contributed by atoms with Crippen LogP contribution < -0.4 is 15.4 Å². The van der Waals surface area contributed by atoms with Crippen LogP contribution in [0, 0.1) is 5.82 Å². The van der Waals surface area contributed by atoms with E-state index in [9.17, 15) is 37.1 Å². The number of carboxylic acid groups (broad SMARTS) is 1. The largest absolute Gasteiger partial charge is 0.484 e. The number of nitrogens with one attached hydrogen (secondary N) is 2. The summed E-state index contributed by atoms with van der Waals surface area (Å²) in [5.74, 6) is -2.65. The summed E-state index contributed by atoms with van der Waals surface area (Å²) in [6, 6.07) is 1.72. The van der Waals surface area contributed by atoms with Crippen molar-refractivity contribution in [3.8, 4) is 5.75 Å². The van der Waals surface area contributed by atoms with Crippen molar-refractivity contribution in [2.45, 2.75) is 31.1 Å². The van der Waals surface area contributed by atoms with E-state index in [-0.39, 0.29) is 30.2 Å². The highest BCUT2D eigenvalue weighted by molar-refractivity contribution is 6.30. The minimum Gasteiger partial charge on any atom is -0.484 e. The van der Waals surface area contributed by atoms with Gasteiger partial charge in [-0.25, -0.2) is 14.2 Å². The van der Waals surface area contributed by atoms with Crippen LogP contribution >= 0.6 is 11.6 Å². The fourth-order valence-electron chi connectivity index (χ4n) is 3.33. The van der Waals surface area contributed by atoms with E-state index < -0.39 is 60.1 Å². The van der Waals surface area contributed by atoms with E-state index in [1.54, 1.807) is 0 Å². The molecule has 3 rings (SSSR count). The van der Waals surface area contributed by atoms with Gasteiger partial charge in [0, 0.05) is 18.7 Å². The third-order valence-corrected chi connectivity index (χ3v) is 5.24. The Kier molecular flexibility index (Phi) is 7.94. The highest BCUT2D eigenvalue weighted by atomic mass is 35.5. The van der Waals surface area contributed by atoms with Crippen molar-refractivity contribution in [3.05, 3.63) is 47.1 Å². The second kappa shape index (κ2) is 10.7. The average molecular weight is 520 g/mol. The lowest BCUT2D eigenvalue weighted by Gasteiger charge is -2.37. The van der Waals surface area contributed by atoms with Crippen molar-refractivity contribution < 1.29 is 41.8 Å². The molecule has 35 heavy (non-hydrogen) atoms. The summed E-state index contributed by atoms with van der Waals surface area (Å²) in [5.41, 5.74) is -1.32. The Morgan fingerprint density at radius 1 is 1.23 bits per heavy atom. The first-order chi connectivity index (χ1) is 16.4. The van der Waals surface area contributed by atoms with E-state index >= 15 is 0 Å². The van der Waals surface area contributed by atoms with Crippen molar-refractivity contribution in [2.24, 2.45) is 0 Å². The first-order valence-electron chi connectivity index (χ1n) is 10.0. The summed E-state index contributed by atoms with van der Waals surface area (Å²) >= 11 is 5.57. The normalized spacial score (nSPS) is 18.0. The van der Waals surface area contributed by atoms with Crippen LogP contribution in [0.3, 0.4) is 0 Å². The molecule has 1 aromatic carbocycles. The van der Waals surface area contributed by atoms with E-state index in [2.05, 4.69) is 20.6 Å². The van der Waals surface area contributed by atoms with Gasteiger partial charge in [-0.15, -0.1) is 0 Å². The van der Waals surface area contributed by atoms with E-state index in [0.29, 0.717) is 6.20 Å². The minimum absolute atomic E-state index is 0.0290. The zero-order chi connectivity index (χ0) is 25.8. The fraction of sp³-hybridized carbons (Fsp3) is 0.350. The van der Waals surface area contributed by atoms with Gasteiger partial charge in [-0.05, 0) is 25.0 Å². The minimum atomic E-state index is -4.78. The van der Waals surface area contributed by atoms with Crippen molar-refractivity contribution in [3.63, 3.8) is 0 Å². The third kappa shape index (κ3) is 6.91. The second-order valence-electron chi connectivity index (χ2n) is 7.43. The molecule has 1 saturated heterocycles. The molecule has 0 bridgehead atoms. The molecule has 1 aliphatic heterocycles. The van der Waals surface area contributed by atoms with Crippen LogP contribution in [0.4, 0.5) is 28.2 Å². The van der Waals surface area contributed by atoms with Gasteiger partial charge in [-0.1, -0.05) is 11.6 Å². The van der Waals surface area contributed by atoms with E-state index in [0.717, 1.165) is 17.2 Å². The molecular formula is C20H18ClF4N5O5. The quantitative estimate of drug-likeness (QED) is 0.500. The highest BCUT2D eigenvalue weighted by Gasteiger charge is 2.37. The topological polar surface area (TPSA) is 134 Å². The molecule has 0 unspecified atom stereocenters. The zero-order valence-electron chi connectivity index (χ0n) is 17.7. The Morgan fingerprint density at radius 2 is 1.97 bits per heavy atom. The number of carbonyl (C=O) groups excluding carboxylic acids is 2. The SMILES string of the molecule is O=C(COc1ccc(Cl)c(F)c1)N[C@H]1CC[C@H](C(=O)Nc2cncc(C(F)(F)F)n2)N(C(=O)O)C1. The van der Waals surface area contributed by atoms with Crippen LogP contribution in [0.2, 0.25) is 5.02 Å². The molecule has 0 saturated carbocycles. The lowest BCUT2D eigenvalue weighted by molar-refractivity contribution is -0.141. The number of alkyl halides is 3. The Hall–Kier alpha value is -3.68. The molecule has 0 radical (unpaired) electrons.